The van der Waals surface area contributed by atoms with Crippen molar-refractivity contribution >= 4 is 35.4 Å². The third-order valence-corrected chi connectivity index (χ3v) is 6.78. The van der Waals surface area contributed by atoms with Crippen molar-refractivity contribution in [3.8, 4) is 0 Å². The van der Waals surface area contributed by atoms with E-state index in [4.69, 9.17) is 5.11 Å². The number of hydrogen-bond donors (Lipinski definition) is 3. The monoisotopic (exact) mass is 350 g/mol. The Bertz CT molecular complexity index is 810. The summed E-state index contributed by atoms with van der Waals surface area (Å²) in [4.78, 5) is 32.9. The van der Waals surface area contributed by atoms with Gasteiger partial charge >= 0.3 is 11.9 Å². The summed E-state index contributed by atoms with van der Waals surface area (Å²) in [5, 5.41) is 19.7. The fourth-order valence-electron chi connectivity index (χ4n) is 2.80. The van der Waals surface area contributed by atoms with Gasteiger partial charge in [0.25, 0.3) is 0 Å². The van der Waals surface area contributed by atoms with Crippen molar-refractivity contribution in [2.24, 2.45) is 5.92 Å². The van der Waals surface area contributed by atoms with Gasteiger partial charge in [0.1, 0.15) is 0 Å². The van der Waals surface area contributed by atoms with E-state index in [9.17, 15) is 24.2 Å². The highest BCUT2D eigenvalue weighted by atomic mass is 31.2. The fraction of sp³-hybridized carbons (Fsp3) is 0.294. The Morgan fingerprint density at radius 2 is 1.71 bits per heavy atom. The molecule has 7 heteroatoms. The highest BCUT2D eigenvalue weighted by Gasteiger charge is 2.39. The van der Waals surface area contributed by atoms with Gasteiger partial charge in [0.15, 0.2) is 0 Å². The maximum atomic E-state index is 13.1. The normalized spacial score (nSPS) is 16.2. The summed E-state index contributed by atoms with van der Waals surface area (Å²) in [6.07, 6.45) is -0.558. The summed E-state index contributed by atoms with van der Waals surface area (Å²) < 4.78 is 13.1. The molecule has 3 unspecified atom stereocenters. The van der Waals surface area contributed by atoms with Crippen molar-refractivity contribution < 1.29 is 29.3 Å². The molecule has 128 valence electrons. The Morgan fingerprint density at radius 3 is 2.33 bits per heavy atom. The highest BCUT2D eigenvalue weighted by Crippen LogP contribution is 2.50. The lowest BCUT2D eigenvalue weighted by Gasteiger charge is -2.26. The van der Waals surface area contributed by atoms with Gasteiger partial charge in [0.2, 0.25) is 7.37 Å². The first-order chi connectivity index (χ1) is 11.2. The van der Waals surface area contributed by atoms with Gasteiger partial charge < -0.3 is 15.1 Å². The van der Waals surface area contributed by atoms with Crippen LogP contribution in [0.4, 0.5) is 0 Å². The Hall–Kier alpha value is -2.17. The van der Waals surface area contributed by atoms with Crippen molar-refractivity contribution in [3.63, 3.8) is 0 Å². The Morgan fingerprint density at radius 1 is 1.08 bits per heavy atom. The topological polar surface area (TPSA) is 112 Å². The van der Waals surface area contributed by atoms with Gasteiger partial charge in [0, 0.05) is 11.7 Å². The van der Waals surface area contributed by atoms with Crippen LogP contribution in [-0.4, -0.2) is 32.7 Å². The summed E-state index contributed by atoms with van der Waals surface area (Å²) >= 11 is 0. The van der Waals surface area contributed by atoms with Crippen LogP contribution in [0.2, 0.25) is 0 Å². The SMILES string of the molecule is CC(C(CCC(=O)O)C(=O)O)P(=O)(O)c1cccc2ccccc12. The van der Waals surface area contributed by atoms with E-state index >= 15 is 0 Å². The number of hydrogen-bond acceptors (Lipinski definition) is 3. The zero-order valence-electron chi connectivity index (χ0n) is 13.1. The van der Waals surface area contributed by atoms with Crippen molar-refractivity contribution in [1.82, 2.24) is 0 Å². The summed E-state index contributed by atoms with van der Waals surface area (Å²) in [5.41, 5.74) is -1.10. The van der Waals surface area contributed by atoms with Crippen molar-refractivity contribution in [2.45, 2.75) is 25.4 Å². The van der Waals surface area contributed by atoms with Gasteiger partial charge in [-0.1, -0.05) is 43.3 Å². The average Bonchev–Trinajstić information content (AvgIpc) is 2.53. The minimum Gasteiger partial charge on any atom is -0.481 e. The van der Waals surface area contributed by atoms with Crippen LogP contribution < -0.4 is 5.30 Å². The number of carboxylic acid groups (broad SMARTS) is 2. The lowest BCUT2D eigenvalue weighted by atomic mass is 10.0. The average molecular weight is 350 g/mol. The molecule has 0 bridgehead atoms. The molecule has 0 spiro atoms. The van der Waals surface area contributed by atoms with E-state index in [0.717, 1.165) is 5.39 Å². The number of rotatable bonds is 7. The standard InChI is InChI=1S/C17H19O6P/c1-11(13(17(20)21)9-10-16(18)19)24(22,23)15-8-4-6-12-5-2-3-7-14(12)15/h2-8,11,13H,9-10H2,1H3,(H,18,19)(H,20,21)(H,22,23). The summed E-state index contributed by atoms with van der Waals surface area (Å²) in [6.45, 7) is 1.39. The molecule has 0 fully saturated rings. The van der Waals surface area contributed by atoms with Crippen LogP contribution in [-0.2, 0) is 14.2 Å². The van der Waals surface area contributed by atoms with Crippen LogP contribution in [0.25, 0.3) is 10.8 Å². The number of carboxylic acids is 2. The first-order valence-electron chi connectivity index (χ1n) is 7.50. The summed E-state index contributed by atoms with van der Waals surface area (Å²) in [7, 11) is -4.03. The molecule has 3 atom stereocenters. The Labute approximate surface area is 139 Å². The Balaban J connectivity index is 2.44. The number of carbonyl (C=O) groups is 2. The van der Waals surface area contributed by atoms with E-state index in [1.165, 1.54) is 13.0 Å². The van der Waals surface area contributed by atoms with Gasteiger partial charge in [-0.2, -0.15) is 0 Å². The molecule has 0 aliphatic carbocycles. The van der Waals surface area contributed by atoms with E-state index in [1.54, 1.807) is 18.2 Å². The minimum absolute atomic E-state index is 0.193. The van der Waals surface area contributed by atoms with Crippen LogP contribution in [0.3, 0.4) is 0 Å². The maximum absolute atomic E-state index is 13.1. The summed E-state index contributed by atoms with van der Waals surface area (Å²) in [5.74, 6) is -3.61. The van der Waals surface area contributed by atoms with E-state index < -0.39 is 30.9 Å². The van der Waals surface area contributed by atoms with Gasteiger partial charge in [0.05, 0.1) is 11.6 Å². The predicted octanol–water partition coefficient (Wildman–Crippen LogP) is 2.69. The van der Waals surface area contributed by atoms with E-state index in [2.05, 4.69) is 0 Å². The molecule has 3 N–H and O–H groups in total. The molecule has 6 nitrogen and oxygen atoms in total. The van der Waals surface area contributed by atoms with Crippen LogP contribution in [0.15, 0.2) is 42.5 Å². The largest absolute Gasteiger partial charge is 0.481 e. The Kier molecular flexibility index (Phi) is 5.42. The second-order valence-electron chi connectivity index (χ2n) is 5.74. The quantitative estimate of drug-likeness (QED) is 0.662. The van der Waals surface area contributed by atoms with Crippen molar-refractivity contribution in [2.75, 3.05) is 0 Å². The first-order valence-corrected chi connectivity index (χ1v) is 9.23. The molecule has 0 saturated carbocycles. The molecule has 0 radical (unpaired) electrons. The smallest absolute Gasteiger partial charge is 0.307 e. The minimum atomic E-state index is -4.03. The third-order valence-electron chi connectivity index (χ3n) is 4.23. The first kappa shape index (κ1) is 18.2. The number of aliphatic carboxylic acids is 2. The van der Waals surface area contributed by atoms with Gasteiger partial charge in [-0.3, -0.25) is 14.2 Å². The molecule has 0 amide bonds. The number of benzene rings is 2. The van der Waals surface area contributed by atoms with E-state index in [1.807, 2.05) is 18.2 Å². The van der Waals surface area contributed by atoms with E-state index in [-0.39, 0.29) is 18.1 Å². The van der Waals surface area contributed by atoms with Crippen LogP contribution >= 0.6 is 7.37 Å². The zero-order chi connectivity index (χ0) is 17.9. The molecule has 0 aliphatic rings. The van der Waals surface area contributed by atoms with Crippen molar-refractivity contribution in [1.29, 1.82) is 0 Å². The van der Waals surface area contributed by atoms with Crippen LogP contribution in [0.5, 0.6) is 0 Å². The molecule has 2 aromatic rings. The lowest BCUT2D eigenvalue weighted by molar-refractivity contribution is -0.142. The molecule has 2 rings (SSSR count). The van der Waals surface area contributed by atoms with Crippen LogP contribution in [0.1, 0.15) is 19.8 Å². The predicted molar refractivity (Wildman–Crippen MR) is 90.9 cm³/mol. The highest BCUT2D eigenvalue weighted by molar-refractivity contribution is 7.67. The molecular formula is C17H19O6P. The maximum Gasteiger partial charge on any atom is 0.307 e. The van der Waals surface area contributed by atoms with E-state index in [0.29, 0.717) is 5.39 Å². The van der Waals surface area contributed by atoms with Gasteiger partial charge in [-0.05, 0) is 23.3 Å². The molecule has 24 heavy (non-hydrogen) atoms. The van der Waals surface area contributed by atoms with Gasteiger partial charge in [-0.25, -0.2) is 0 Å². The lowest BCUT2D eigenvalue weighted by Crippen LogP contribution is -2.30. The van der Waals surface area contributed by atoms with Gasteiger partial charge in [-0.15, -0.1) is 0 Å². The summed E-state index contributed by atoms with van der Waals surface area (Å²) in [6, 6.07) is 12.1. The second kappa shape index (κ2) is 7.16. The molecular weight excluding hydrogens is 331 g/mol. The molecule has 0 aromatic heterocycles. The van der Waals surface area contributed by atoms with Crippen LogP contribution in [0, 0.1) is 5.92 Å². The molecule has 2 aromatic carbocycles. The second-order valence-corrected chi connectivity index (χ2v) is 8.28. The molecule has 0 aliphatic heterocycles. The fourth-order valence-corrected chi connectivity index (χ4v) is 4.85. The molecule has 0 heterocycles. The van der Waals surface area contributed by atoms with Crippen molar-refractivity contribution in [3.05, 3.63) is 42.5 Å². The molecule has 0 saturated heterocycles. The third kappa shape index (κ3) is 3.66. The number of fused-ring (bicyclic) bond motifs is 1. The zero-order valence-corrected chi connectivity index (χ0v) is 14.0.